The highest BCUT2D eigenvalue weighted by atomic mass is 19.3. The molecule has 0 aromatic rings. The summed E-state index contributed by atoms with van der Waals surface area (Å²) in [5.74, 6) is -1.99. The van der Waals surface area contributed by atoms with Crippen molar-refractivity contribution in [1.29, 1.82) is 0 Å². The minimum atomic E-state index is -2.69. The second kappa shape index (κ2) is 6.70. The van der Waals surface area contributed by atoms with Crippen LogP contribution < -0.4 is 5.32 Å². The maximum atomic E-state index is 11.9. The van der Waals surface area contributed by atoms with Crippen molar-refractivity contribution < 1.29 is 28.3 Å². The zero-order valence-corrected chi connectivity index (χ0v) is 8.57. The Labute approximate surface area is 90.2 Å². The molecule has 0 spiro atoms. The predicted octanol–water partition coefficient (Wildman–Crippen LogP) is 0.284. The van der Waals surface area contributed by atoms with Crippen molar-refractivity contribution in [3.63, 3.8) is 0 Å². The molecule has 0 fully saturated rings. The van der Waals surface area contributed by atoms with Crippen LogP contribution >= 0.6 is 0 Å². The first-order valence-corrected chi connectivity index (χ1v) is 4.37. The van der Waals surface area contributed by atoms with Gasteiger partial charge in [-0.05, 0) is 0 Å². The Hall–Kier alpha value is -1.73. The lowest BCUT2D eigenvalue weighted by atomic mass is 10.3. The molecule has 0 aliphatic heterocycles. The summed E-state index contributed by atoms with van der Waals surface area (Å²) in [6.07, 6.45) is -3.48. The number of carbonyl (C=O) groups is 3. The van der Waals surface area contributed by atoms with E-state index in [1.165, 1.54) is 0 Å². The molecule has 0 aliphatic carbocycles. The summed E-state index contributed by atoms with van der Waals surface area (Å²) in [6.45, 7) is -0.794. The molecule has 0 rings (SSSR count). The van der Waals surface area contributed by atoms with Crippen LogP contribution in [0.15, 0.2) is 0 Å². The van der Waals surface area contributed by atoms with E-state index < -0.39 is 37.3 Å². The number of carboxylic acids is 1. The number of nitrogens with zero attached hydrogens (tertiary/aromatic N) is 1. The van der Waals surface area contributed by atoms with Crippen molar-refractivity contribution in [3.05, 3.63) is 0 Å². The van der Waals surface area contributed by atoms with Gasteiger partial charge in [-0.3, -0.25) is 14.9 Å². The number of nitrogens with one attached hydrogen (secondary N) is 1. The number of urea groups is 1. The van der Waals surface area contributed by atoms with Crippen LogP contribution in [0.4, 0.5) is 13.6 Å². The molecule has 0 aromatic heterocycles. The Morgan fingerprint density at radius 2 is 1.88 bits per heavy atom. The number of hydrogen-bond donors (Lipinski definition) is 2. The summed E-state index contributed by atoms with van der Waals surface area (Å²) in [4.78, 5) is 32.7. The van der Waals surface area contributed by atoms with Crippen LogP contribution in [0.1, 0.15) is 12.8 Å². The lowest BCUT2D eigenvalue weighted by molar-refractivity contribution is -0.138. The van der Waals surface area contributed by atoms with Crippen LogP contribution in [0.2, 0.25) is 0 Å². The highest BCUT2D eigenvalue weighted by molar-refractivity contribution is 5.95. The fourth-order valence-corrected chi connectivity index (χ4v) is 0.788. The van der Waals surface area contributed by atoms with Crippen molar-refractivity contribution in [2.45, 2.75) is 19.3 Å². The van der Waals surface area contributed by atoms with Gasteiger partial charge in [0.2, 0.25) is 5.91 Å². The third-order valence-corrected chi connectivity index (χ3v) is 1.57. The molecule has 0 saturated carbocycles. The predicted molar refractivity (Wildman–Crippen MR) is 49.0 cm³/mol. The fourth-order valence-electron chi connectivity index (χ4n) is 0.788. The smallest absolute Gasteiger partial charge is 0.323 e. The maximum Gasteiger partial charge on any atom is 0.323 e. The number of imide groups is 1. The molecule has 0 unspecified atom stereocenters. The van der Waals surface area contributed by atoms with Crippen LogP contribution in [0.25, 0.3) is 0 Å². The zero-order valence-electron chi connectivity index (χ0n) is 8.57. The molecule has 0 bridgehead atoms. The molecule has 8 heteroatoms. The lowest BCUT2D eigenvalue weighted by Gasteiger charge is -2.16. The van der Waals surface area contributed by atoms with Crippen LogP contribution in [-0.4, -0.2) is 47.9 Å². The van der Waals surface area contributed by atoms with Gasteiger partial charge in [-0.25, -0.2) is 13.6 Å². The number of rotatable bonds is 5. The van der Waals surface area contributed by atoms with E-state index in [4.69, 9.17) is 5.11 Å². The minimum absolute atomic E-state index is 0.371. The lowest BCUT2D eigenvalue weighted by Crippen LogP contribution is -2.42. The van der Waals surface area contributed by atoms with E-state index >= 15 is 0 Å². The molecule has 92 valence electrons. The summed E-state index contributed by atoms with van der Waals surface area (Å²) < 4.78 is 23.7. The van der Waals surface area contributed by atoms with Gasteiger partial charge >= 0.3 is 12.0 Å². The van der Waals surface area contributed by atoms with E-state index in [9.17, 15) is 23.2 Å². The Morgan fingerprint density at radius 1 is 1.31 bits per heavy atom. The summed E-state index contributed by atoms with van der Waals surface area (Å²) in [5, 5.41) is 10.0. The summed E-state index contributed by atoms with van der Waals surface area (Å²) in [5.41, 5.74) is 0. The normalized spacial score (nSPS) is 10.0. The van der Waals surface area contributed by atoms with E-state index in [-0.39, 0.29) is 6.42 Å². The summed E-state index contributed by atoms with van der Waals surface area (Å²) in [7, 11) is 1.10. The molecule has 2 N–H and O–H groups in total. The van der Waals surface area contributed by atoms with Crippen molar-refractivity contribution in [2.24, 2.45) is 0 Å². The third kappa shape index (κ3) is 6.68. The average Bonchev–Trinajstić information content (AvgIpc) is 2.13. The zero-order chi connectivity index (χ0) is 12.7. The Kier molecular flexibility index (Phi) is 5.97. The Balaban J connectivity index is 3.94. The van der Waals surface area contributed by atoms with Crippen LogP contribution in [0, 0.1) is 0 Å². The molecule has 0 aliphatic rings. The van der Waals surface area contributed by atoms with Gasteiger partial charge in [-0.1, -0.05) is 0 Å². The van der Waals surface area contributed by atoms with E-state index in [1.807, 2.05) is 0 Å². The Morgan fingerprint density at radius 3 is 2.31 bits per heavy atom. The summed E-state index contributed by atoms with van der Waals surface area (Å²) >= 11 is 0. The highest BCUT2D eigenvalue weighted by Crippen LogP contribution is 1.96. The molecule has 16 heavy (non-hydrogen) atoms. The SMILES string of the molecule is CN(CC(F)F)C(=O)NC(=O)CCC(=O)O. The third-order valence-electron chi connectivity index (χ3n) is 1.57. The average molecular weight is 238 g/mol. The number of halogens is 2. The van der Waals surface area contributed by atoms with Crippen molar-refractivity contribution in [3.8, 4) is 0 Å². The van der Waals surface area contributed by atoms with Crippen molar-refractivity contribution in [1.82, 2.24) is 10.2 Å². The van der Waals surface area contributed by atoms with E-state index in [1.54, 1.807) is 5.32 Å². The van der Waals surface area contributed by atoms with E-state index in [0.717, 1.165) is 7.05 Å². The highest BCUT2D eigenvalue weighted by Gasteiger charge is 2.16. The van der Waals surface area contributed by atoms with Crippen molar-refractivity contribution in [2.75, 3.05) is 13.6 Å². The van der Waals surface area contributed by atoms with Gasteiger partial charge in [-0.2, -0.15) is 0 Å². The number of hydrogen-bond acceptors (Lipinski definition) is 3. The standard InChI is InChI=1S/C8H12F2N2O4/c1-12(4-5(9)10)8(16)11-6(13)2-3-7(14)15/h5H,2-4H2,1H3,(H,14,15)(H,11,13,16). The van der Waals surface area contributed by atoms with Gasteiger partial charge in [0.1, 0.15) is 0 Å². The van der Waals surface area contributed by atoms with Gasteiger partial charge in [0, 0.05) is 13.5 Å². The first-order chi connectivity index (χ1) is 7.32. The van der Waals surface area contributed by atoms with Crippen LogP contribution in [0.3, 0.4) is 0 Å². The van der Waals surface area contributed by atoms with Gasteiger partial charge in [0.15, 0.2) is 0 Å². The Bertz CT molecular complexity index is 283. The molecule has 3 amide bonds. The number of amides is 3. The number of carboxylic acid groups (broad SMARTS) is 1. The second-order valence-corrected chi connectivity index (χ2v) is 3.02. The molecular weight excluding hydrogens is 226 g/mol. The number of carbonyl (C=O) groups excluding carboxylic acids is 2. The van der Waals surface area contributed by atoms with Crippen LogP contribution in [0.5, 0.6) is 0 Å². The minimum Gasteiger partial charge on any atom is -0.481 e. The first-order valence-electron chi connectivity index (χ1n) is 4.37. The monoisotopic (exact) mass is 238 g/mol. The number of aliphatic carboxylic acids is 1. The summed E-state index contributed by atoms with van der Waals surface area (Å²) in [6, 6.07) is -0.976. The molecule has 0 radical (unpaired) electrons. The van der Waals surface area contributed by atoms with Gasteiger partial charge in [0.25, 0.3) is 6.43 Å². The quantitative estimate of drug-likeness (QED) is 0.720. The molecule has 0 aromatic carbocycles. The fraction of sp³-hybridized carbons (Fsp3) is 0.625. The molecule has 0 saturated heterocycles. The maximum absolute atomic E-state index is 11.9. The van der Waals surface area contributed by atoms with Gasteiger partial charge in [0.05, 0.1) is 13.0 Å². The molecular formula is C8H12F2N2O4. The van der Waals surface area contributed by atoms with Crippen LogP contribution in [-0.2, 0) is 9.59 Å². The van der Waals surface area contributed by atoms with Crippen molar-refractivity contribution >= 4 is 17.9 Å². The molecule has 6 nitrogen and oxygen atoms in total. The molecule has 0 heterocycles. The second-order valence-electron chi connectivity index (χ2n) is 3.02. The number of alkyl halides is 2. The first kappa shape index (κ1) is 14.3. The van der Waals surface area contributed by atoms with Gasteiger partial charge in [-0.15, -0.1) is 0 Å². The van der Waals surface area contributed by atoms with E-state index in [0.29, 0.717) is 4.90 Å². The largest absolute Gasteiger partial charge is 0.481 e. The van der Waals surface area contributed by atoms with Gasteiger partial charge < -0.3 is 10.0 Å². The molecule has 0 atom stereocenters. The topological polar surface area (TPSA) is 86.7 Å². The van der Waals surface area contributed by atoms with E-state index in [2.05, 4.69) is 0 Å².